The smallest absolute Gasteiger partial charge is 0.340 e. The van der Waals surface area contributed by atoms with Gasteiger partial charge in [-0.1, -0.05) is 60.1 Å². The molecule has 1 aromatic heterocycles. The van der Waals surface area contributed by atoms with Crippen LogP contribution in [0, 0.1) is 10.1 Å². The van der Waals surface area contributed by atoms with Gasteiger partial charge in [-0.15, -0.1) is 0 Å². The van der Waals surface area contributed by atoms with E-state index in [0.717, 1.165) is 36.6 Å². The predicted octanol–water partition coefficient (Wildman–Crippen LogP) is 6.21. The van der Waals surface area contributed by atoms with E-state index >= 15 is 0 Å². The number of rotatable bonds is 6. The Hall–Kier alpha value is -4.30. The third-order valence-corrected chi connectivity index (χ3v) is 6.67. The highest BCUT2D eigenvalue weighted by molar-refractivity contribution is 6.32. The molecule has 8 nitrogen and oxygen atoms in total. The Balaban J connectivity index is 1.51. The number of hydrogen-bond acceptors (Lipinski definition) is 6. The van der Waals surface area contributed by atoms with Crippen molar-refractivity contribution in [3.05, 3.63) is 110 Å². The van der Waals surface area contributed by atoms with E-state index in [0.29, 0.717) is 28.5 Å². The molecule has 0 saturated carbocycles. The van der Waals surface area contributed by atoms with Gasteiger partial charge >= 0.3 is 5.97 Å². The van der Waals surface area contributed by atoms with Gasteiger partial charge < -0.3 is 10.1 Å². The average molecular weight is 516 g/mol. The van der Waals surface area contributed by atoms with E-state index in [2.05, 4.69) is 5.32 Å². The number of carbonyl (C=O) groups excluding carboxylic acids is 2. The van der Waals surface area contributed by atoms with Crippen LogP contribution in [0.5, 0.6) is 0 Å². The van der Waals surface area contributed by atoms with E-state index < -0.39 is 22.9 Å². The highest BCUT2D eigenvalue weighted by Gasteiger charge is 2.30. The highest BCUT2D eigenvalue weighted by Crippen LogP contribution is 2.32. The fourth-order valence-corrected chi connectivity index (χ4v) is 4.80. The lowest BCUT2D eigenvalue weighted by Crippen LogP contribution is -2.27. The second-order valence-corrected chi connectivity index (χ2v) is 9.15. The maximum absolute atomic E-state index is 13.7. The molecule has 0 bridgehead atoms. The summed E-state index contributed by atoms with van der Waals surface area (Å²) in [5.41, 5.74) is 3.14. The number of pyridine rings is 1. The molecule has 1 heterocycles. The normalized spacial score (nSPS) is 13.4. The number of nitrogens with zero attached hydrogens (tertiary/aromatic N) is 2. The van der Waals surface area contributed by atoms with Crippen LogP contribution in [0.1, 0.15) is 46.1 Å². The van der Waals surface area contributed by atoms with Crippen molar-refractivity contribution in [2.45, 2.75) is 31.8 Å². The SMILES string of the molecule is O=C(OC(C(=O)Nc1ccc(Cl)c([N+](=O)[O-])c1)c1ccccc1)c1c2c(nc3ccccc13)CCCC2. The number of esters is 1. The van der Waals surface area contributed by atoms with Crippen LogP contribution in [-0.2, 0) is 22.4 Å². The maximum Gasteiger partial charge on any atom is 0.340 e. The number of nitrogens with one attached hydrogen (secondary N) is 1. The van der Waals surface area contributed by atoms with E-state index in [9.17, 15) is 19.7 Å². The lowest BCUT2D eigenvalue weighted by Gasteiger charge is -2.22. The van der Waals surface area contributed by atoms with E-state index in [1.54, 1.807) is 30.3 Å². The van der Waals surface area contributed by atoms with Gasteiger partial charge in [0, 0.05) is 28.4 Å². The number of nitro groups is 1. The van der Waals surface area contributed by atoms with Crippen LogP contribution in [0.3, 0.4) is 0 Å². The molecule has 3 aromatic carbocycles. The Kier molecular flexibility index (Phi) is 6.83. The zero-order chi connectivity index (χ0) is 25.9. The number of para-hydroxylation sites is 1. The summed E-state index contributed by atoms with van der Waals surface area (Å²) >= 11 is 5.90. The van der Waals surface area contributed by atoms with Crippen molar-refractivity contribution in [1.82, 2.24) is 4.98 Å². The molecule has 1 aliphatic rings. The molecule has 0 radical (unpaired) electrons. The maximum atomic E-state index is 13.7. The monoisotopic (exact) mass is 515 g/mol. The summed E-state index contributed by atoms with van der Waals surface area (Å²) in [7, 11) is 0. The van der Waals surface area contributed by atoms with Crippen molar-refractivity contribution in [3.63, 3.8) is 0 Å². The van der Waals surface area contributed by atoms with Crippen LogP contribution in [0.15, 0.2) is 72.8 Å². The quantitative estimate of drug-likeness (QED) is 0.185. The summed E-state index contributed by atoms with van der Waals surface area (Å²) in [4.78, 5) is 42.5. The number of benzene rings is 3. The summed E-state index contributed by atoms with van der Waals surface area (Å²) in [5.74, 6) is -1.27. The van der Waals surface area contributed by atoms with Crippen LogP contribution >= 0.6 is 11.6 Å². The average Bonchev–Trinajstić information content (AvgIpc) is 2.91. The molecule has 186 valence electrons. The molecule has 1 atom stereocenters. The van der Waals surface area contributed by atoms with Gasteiger partial charge in [0.05, 0.1) is 16.0 Å². The number of ether oxygens (including phenoxy) is 1. The first kappa shape index (κ1) is 24.4. The molecule has 1 N–H and O–H groups in total. The molecular weight excluding hydrogens is 494 g/mol. The number of amides is 1. The third kappa shape index (κ3) is 5.01. The van der Waals surface area contributed by atoms with Gasteiger partial charge in [0.2, 0.25) is 6.10 Å². The van der Waals surface area contributed by atoms with Crippen LogP contribution in [-0.4, -0.2) is 21.8 Å². The minimum atomic E-state index is -1.30. The Labute approximate surface area is 217 Å². The minimum absolute atomic E-state index is 0.0524. The molecule has 1 amide bonds. The number of fused-ring (bicyclic) bond motifs is 2. The van der Waals surface area contributed by atoms with Gasteiger partial charge in [0.15, 0.2) is 0 Å². The summed E-state index contributed by atoms with van der Waals surface area (Å²) in [5, 5.41) is 14.5. The molecule has 0 spiro atoms. The number of halogens is 1. The summed E-state index contributed by atoms with van der Waals surface area (Å²) in [6, 6.07) is 20.0. The third-order valence-electron chi connectivity index (χ3n) is 6.35. The van der Waals surface area contributed by atoms with Crippen molar-refractivity contribution in [2.24, 2.45) is 0 Å². The first-order valence-corrected chi connectivity index (χ1v) is 12.2. The molecule has 0 fully saturated rings. The summed E-state index contributed by atoms with van der Waals surface area (Å²) < 4.78 is 5.89. The number of hydrogen-bond donors (Lipinski definition) is 1. The van der Waals surface area contributed by atoms with E-state index in [-0.39, 0.29) is 16.4 Å². The standard InChI is InChI=1S/C28H22ClN3O5/c29-21-15-14-18(16-24(21)32(35)36)30-27(33)26(17-8-2-1-3-9-17)37-28(34)25-19-10-4-6-12-22(19)31-23-13-7-5-11-20(23)25/h1-4,6,8-10,12,14-16,26H,5,7,11,13H2,(H,30,33). The molecule has 1 unspecified atom stereocenters. The molecule has 9 heteroatoms. The van der Waals surface area contributed by atoms with Crippen molar-refractivity contribution >= 4 is 45.8 Å². The second kappa shape index (κ2) is 10.4. The zero-order valence-electron chi connectivity index (χ0n) is 19.6. The van der Waals surface area contributed by atoms with Gasteiger partial charge in [0.1, 0.15) is 5.02 Å². The summed E-state index contributed by atoms with van der Waals surface area (Å²) in [6.07, 6.45) is 2.11. The number of nitro benzene ring substituents is 1. The lowest BCUT2D eigenvalue weighted by atomic mass is 9.90. The van der Waals surface area contributed by atoms with Gasteiger partial charge in [-0.2, -0.15) is 0 Å². The zero-order valence-corrected chi connectivity index (χ0v) is 20.4. The van der Waals surface area contributed by atoms with Crippen LogP contribution < -0.4 is 5.32 Å². The largest absolute Gasteiger partial charge is 0.444 e. The predicted molar refractivity (Wildman–Crippen MR) is 140 cm³/mol. The van der Waals surface area contributed by atoms with E-state index in [1.165, 1.54) is 12.1 Å². The van der Waals surface area contributed by atoms with Gasteiger partial charge in [-0.05, 0) is 49.4 Å². The highest BCUT2D eigenvalue weighted by atomic mass is 35.5. The number of anilines is 1. The topological polar surface area (TPSA) is 111 Å². The fourth-order valence-electron chi connectivity index (χ4n) is 4.61. The second-order valence-electron chi connectivity index (χ2n) is 8.74. The van der Waals surface area contributed by atoms with Crippen molar-refractivity contribution < 1.29 is 19.2 Å². The lowest BCUT2D eigenvalue weighted by molar-refractivity contribution is -0.384. The first-order valence-electron chi connectivity index (χ1n) is 11.8. The van der Waals surface area contributed by atoms with E-state index in [1.807, 2.05) is 24.3 Å². The fraction of sp³-hybridized carbons (Fsp3) is 0.179. The number of aromatic nitrogens is 1. The Bertz CT molecular complexity index is 1520. The van der Waals surface area contributed by atoms with Crippen molar-refractivity contribution in [3.8, 4) is 0 Å². The summed E-state index contributed by atoms with van der Waals surface area (Å²) in [6.45, 7) is 0. The van der Waals surface area contributed by atoms with E-state index in [4.69, 9.17) is 21.3 Å². The molecule has 4 aromatic rings. The molecule has 0 saturated heterocycles. The van der Waals surface area contributed by atoms with Crippen LogP contribution in [0.2, 0.25) is 5.02 Å². The first-order chi connectivity index (χ1) is 17.9. The molecule has 0 aliphatic heterocycles. The Morgan fingerprint density at radius 2 is 1.73 bits per heavy atom. The van der Waals surface area contributed by atoms with Gasteiger partial charge in [-0.25, -0.2) is 4.79 Å². The van der Waals surface area contributed by atoms with Gasteiger partial charge in [0.25, 0.3) is 11.6 Å². The van der Waals surface area contributed by atoms with Crippen molar-refractivity contribution in [1.29, 1.82) is 0 Å². The Morgan fingerprint density at radius 1 is 1.00 bits per heavy atom. The van der Waals surface area contributed by atoms with Crippen molar-refractivity contribution in [2.75, 3.05) is 5.32 Å². The number of aryl methyl sites for hydroxylation is 1. The minimum Gasteiger partial charge on any atom is -0.444 e. The molecular formula is C28H22ClN3O5. The number of carbonyl (C=O) groups is 2. The van der Waals surface area contributed by atoms with Crippen LogP contribution in [0.25, 0.3) is 10.9 Å². The Morgan fingerprint density at radius 3 is 2.51 bits per heavy atom. The molecule has 5 rings (SSSR count). The van der Waals surface area contributed by atoms with Gasteiger partial charge in [-0.3, -0.25) is 19.9 Å². The molecule has 1 aliphatic carbocycles. The molecule has 37 heavy (non-hydrogen) atoms. The van der Waals surface area contributed by atoms with Crippen LogP contribution in [0.4, 0.5) is 11.4 Å².